The first-order valence-electron chi connectivity index (χ1n) is 33.5. The molecule has 41 nitrogen and oxygen atoms in total. The Kier molecular flexibility index (Phi) is 39.8. The summed E-state index contributed by atoms with van der Waals surface area (Å²) >= 11 is 0. The van der Waals surface area contributed by atoms with Gasteiger partial charge < -0.3 is 113 Å². The number of carboxylic acid groups (broad SMARTS) is 1. The fraction of sp³-hybridized carbons (Fsp3) is 0.619. The third-order valence-corrected chi connectivity index (χ3v) is 16.4. The molecule has 0 spiro atoms. The van der Waals surface area contributed by atoms with Crippen LogP contribution < -0.4 is 103 Å². The van der Waals surface area contributed by atoms with Crippen molar-refractivity contribution in [1.29, 1.82) is 0 Å². The monoisotopic (exact) mass is 1510 g/mol. The van der Waals surface area contributed by atoms with E-state index in [1.807, 2.05) is 0 Å². The number of carbonyl (C=O) groups is 17. The van der Waals surface area contributed by atoms with Gasteiger partial charge in [-0.2, -0.15) is 0 Å². The fourth-order valence-corrected chi connectivity index (χ4v) is 9.53. The number of amides is 16. The number of rotatable bonds is 46. The van der Waals surface area contributed by atoms with Crippen molar-refractivity contribution >= 4 is 116 Å². The van der Waals surface area contributed by atoms with Crippen molar-refractivity contribution in [3.05, 3.63) is 29.8 Å². The van der Waals surface area contributed by atoms with E-state index in [9.17, 15) is 100 Å². The first-order valence-corrected chi connectivity index (χ1v) is 35.6. The van der Waals surface area contributed by atoms with Gasteiger partial charge in [0.25, 0.3) is 0 Å². The number of benzene rings is 1. The SMILES string of the molecule is C[C@H](NC(=O)CCS(C)(=O)=O)C(=O)N[C@@H](C)C(=O)N[C@@H](C)C(=O)N[C@@H](C)C(=O)N[C@@H](CCC(=O)O)C(=O)N[C@@H](C)C(=O)N[C@@H](C)C(=O)N[C@@H](C)C(=O)N[C@@H](CCCCN)C(=O)N[C@@H](C)C(=O)N[C@@H](C)C(=O)N[C@@H](C)C(=O)N[C@@H](C)C(=O)N[C@@H](Cc1ccc(O)cc1)C(=O)N[C@@H](CCCN=C(N)N)C(N)=O. The standard InChI is InChI=1S/C63H104N20O21S/c1-29(69-46(85)24-27-105(12,103)104)49(89)70-30(2)50(90)71-32(4)52(92)76-38(10)58(98)82-44(22-23-47(86)87)61(101)79-36(8)56(96)74-34(6)53(93)75-37(9)57(97)81-43(16-13-14-25-64)60(100)78-35(7)55(95)73-31(3)51(91)72-33(5)54(94)77-39(11)59(99)83-45(28-40-18-20-41(84)21-19-40)62(102)80-42(48(65)88)17-15-26-68-63(66)67/h18-21,29-39,42-45,84H,13-17,22-28,64H2,1-12H3,(H2,65,88)(H,69,85)(H,70,89)(H,71,90)(H,72,91)(H,73,95)(H,74,96)(H,75,93)(H,76,92)(H,77,94)(H,78,100)(H,79,101)(H,80,102)(H,81,97)(H,82,98)(H,83,99)(H,86,87)(H4,66,67,68)/t29-,30-,31-,32-,33-,34-,35-,36-,37-,38-,39-,42-,43-,44-,45-/m0/s1. The van der Waals surface area contributed by atoms with Crippen LogP contribution in [0.4, 0.5) is 0 Å². The van der Waals surface area contributed by atoms with Gasteiger partial charge in [-0.15, -0.1) is 0 Å². The Balaban J connectivity index is 2.92. The number of guanidine groups is 1. The molecule has 0 saturated heterocycles. The highest BCUT2D eigenvalue weighted by atomic mass is 32.2. The molecule has 0 aliphatic heterocycles. The molecule has 16 amide bonds. The number of sulfone groups is 1. The molecule has 0 radical (unpaired) electrons. The maximum Gasteiger partial charge on any atom is 0.303 e. The quantitative estimate of drug-likeness (QED) is 0.0164. The van der Waals surface area contributed by atoms with Crippen LogP contribution in [0.5, 0.6) is 5.75 Å². The van der Waals surface area contributed by atoms with Crippen molar-refractivity contribution in [2.45, 2.75) is 225 Å². The summed E-state index contributed by atoms with van der Waals surface area (Å²) in [5, 5.41) is 55.0. The van der Waals surface area contributed by atoms with Crippen LogP contribution in [0, 0.1) is 0 Å². The summed E-state index contributed by atoms with van der Waals surface area (Å²) < 4.78 is 22.7. The molecule has 25 N–H and O–H groups in total. The number of aliphatic carboxylic acids is 1. The van der Waals surface area contributed by atoms with E-state index in [1.165, 1.54) is 100 Å². The number of unbranched alkanes of at least 4 members (excludes halogenated alkanes) is 1. The first kappa shape index (κ1) is 92.2. The van der Waals surface area contributed by atoms with Crippen LogP contribution in [-0.4, -0.2) is 241 Å². The Bertz CT molecular complexity index is 3410. The van der Waals surface area contributed by atoms with Gasteiger partial charge in [-0.05, 0) is 139 Å². The molecule has 105 heavy (non-hydrogen) atoms. The Morgan fingerprint density at radius 2 is 0.667 bits per heavy atom. The molecule has 0 unspecified atom stereocenters. The van der Waals surface area contributed by atoms with E-state index in [0.29, 0.717) is 18.4 Å². The Morgan fingerprint density at radius 3 is 0.981 bits per heavy atom. The summed E-state index contributed by atoms with van der Waals surface area (Å²) in [7, 11) is -3.46. The maximum atomic E-state index is 13.7. The molecular formula is C63H104N20O21S. The van der Waals surface area contributed by atoms with E-state index in [4.69, 9.17) is 22.9 Å². The predicted octanol–water partition coefficient (Wildman–Crippen LogP) is -8.61. The summed E-state index contributed by atoms with van der Waals surface area (Å²) in [4.78, 5) is 226. The summed E-state index contributed by atoms with van der Waals surface area (Å²) in [6.45, 7) is 14.1. The molecular weight excluding hydrogens is 1400 g/mol. The second-order valence-corrected chi connectivity index (χ2v) is 27.4. The summed E-state index contributed by atoms with van der Waals surface area (Å²) in [5.41, 5.74) is 22.4. The lowest BCUT2D eigenvalue weighted by Gasteiger charge is -2.25. The van der Waals surface area contributed by atoms with Gasteiger partial charge in [-0.25, -0.2) is 8.42 Å². The highest BCUT2D eigenvalue weighted by Crippen LogP contribution is 2.13. The zero-order valence-corrected chi connectivity index (χ0v) is 61.6. The number of hydrogen-bond donors (Lipinski definition) is 21. The van der Waals surface area contributed by atoms with Gasteiger partial charge in [0.2, 0.25) is 94.5 Å². The number of aliphatic imine (C=N–C) groups is 1. The fourth-order valence-electron chi connectivity index (χ4n) is 8.97. The number of carbonyl (C=O) groups excluding carboxylic acids is 16. The number of carboxylic acids is 1. The molecule has 42 heteroatoms. The van der Waals surface area contributed by atoms with Gasteiger partial charge in [-0.3, -0.25) is 86.5 Å². The van der Waals surface area contributed by atoms with E-state index >= 15 is 0 Å². The number of phenols is 1. The van der Waals surface area contributed by atoms with Crippen LogP contribution in [-0.2, 0) is 97.8 Å². The van der Waals surface area contributed by atoms with Crippen molar-refractivity contribution in [3.63, 3.8) is 0 Å². The van der Waals surface area contributed by atoms with Crippen molar-refractivity contribution in [1.82, 2.24) is 79.8 Å². The number of nitrogens with one attached hydrogen (secondary N) is 15. The Labute approximate surface area is 607 Å². The second-order valence-electron chi connectivity index (χ2n) is 25.2. The van der Waals surface area contributed by atoms with Crippen LogP contribution in [0.2, 0.25) is 0 Å². The van der Waals surface area contributed by atoms with Crippen molar-refractivity contribution < 1.29 is 100 Å². The number of aromatic hydroxyl groups is 1. The predicted molar refractivity (Wildman–Crippen MR) is 376 cm³/mol. The van der Waals surface area contributed by atoms with Gasteiger partial charge in [0.05, 0.1) is 5.75 Å². The number of nitrogens with zero attached hydrogens (tertiary/aromatic N) is 1. The minimum absolute atomic E-state index is 0.00981. The summed E-state index contributed by atoms with van der Waals surface area (Å²) in [6.07, 6.45) is 0.192. The smallest absolute Gasteiger partial charge is 0.303 e. The highest BCUT2D eigenvalue weighted by Gasteiger charge is 2.34. The van der Waals surface area contributed by atoms with E-state index < -0.39 is 226 Å². The van der Waals surface area contributed by atoms with Crippen molar-refractivity contribution in [3.8, 4) is 5.75 Å². The zero-order valence-electron chi connectivity index (χ0n) is 60.8. The summed E-state index contributed by atoms with van der Waals surface area (Å²) in [5.74, 6) is -16.3. The minimum Gasteiger partial charge on any atom is -0.508 e. The lowest BCUT2D eigenvalue weighted by molar-refractivity contribution is -0.138. The topological polar surface area (TPSA) is 662 Å². The van der Waals surface area contributed by atoms with Crippen LogP contribution in [0.25, 0.3) is 0 Å². The van der Waals surface area contributed by atoms with Gasteiger partial charge >= 0.3 is 5.97 Å². The molecule has 0 aliphatic rings. The molecule has 0 saturated carbocycles. The largest absolute Gasteiger partial charge is 0.508 e. The normalized spacial score (nSPS) is 15.3. The lowest BCUT2D eigenvalue weighted by Crippen LogP contribution is -2.59. The van der Waals surface area contributed by atoms with E-state index in [1.54, 1.807) is 0 Å². The zero-order chi connectivity index (χ0) is 80.3. The van der Waals surface area contributed by atoms with Crippen LogP contribution in [0.3, 0.4) is 0 Å². The molecule has 588 valence electrons. The van der Waals surface area contributed by atoms with Gasteiger partial charge in [0, 0.05) is 32.1 Å². The third-order valence-electron chi connectivity index (χ3n) is 15.5. The molecule has 0 aromatic heterocycles. The molecule has 0 heterocycles. The van der Waals surface area contributed by atoms with Crippen LogP contribution in [0.15, 0.2) is 29.3 Å². The van der Waals surface area contributed by atoms with Crippen LogP contribution >= 0.6 is 0 Å². The average Bonchev–Trinajstić information content (AvgIpc) is 0.859. The molecule has 1 aromatic rings. The van der Waals surface area contributed by atoms with Gasteiger partial charge in [0.1, 0.15) is 106 Å². The van der Waals surface area contributed by atoms with Gasteiger partial charge in [0.15, 0.2) is 5.96 Å². The molecule has 15 atom stereocenters. The van der Waals surface area contributed by atoms with E-state index in [-0.39, 0.29) is 50.5 Å². The number of hydrogen-bond acceptors (Lipinski definition) is 22. The lowest BCUT2D eigenvalue weighted by atomic mass is 10.0. The summed E-state index contributed by atoms with van der Waals surface area (Å²) in [6, 6.07) is -14.5. The highest BCUT2D eigenvalue weighted by molar-refractivity contribution is 7.90. The van der Waals surface area contributed by atoms with E-state index in [0.717, 1.165) is 6.26 Å². The molecule has 0 fully saturated rings. The molecule has 0 aliphatic carbocycles. The maximum absolute atomic E-state index is 13.7. The van der Waals surface area contributed by atoms with Crippen molar-refractivity contribution in [2.24, 2.45) is 27.9 Å². The van der Waals surface area contributed by atoms with Crippen molar-refractivity contribution in [2.75, 3.05) is 25.1 Å². The molecule has 0 bridgehead atoms. The Morgan fingerprint density at radius 1 is 0.381 bits per heavy atom. The number of phenolic OH excluding ortho intramolecular Hbond substituents is 1. The Hall–Kier alpha value is -10.8. The molecule has 1 aromatic carbocycles. The molecule has 1 rings (SSSR count). The van der Waals surface area contributed by atoms with E-state index in [2.05, 4.69) is 84.7 Å². The average molecular weight is 1510 g/mol. The second kappa shape index (κ2) is 45.3. The van der Waals surface area contributed by atoms with Gasteiger partial charge in [-0.1, -0.05) is 12.1 Å². The third kappa shape index (κ3) is 36.3. The van der Waals surface area contributed by atoms with Crippen LogP contribution in [0.1, 0.15) is 133 Å². The minimum atomic E-state index is -3.46. The number of primary amides is 1. The number of nitrogens with two attached hydrogens (primary N) is 4. The first-order chi connectivity index (χ1) is 48.8.